The van der Waals surface area contributed by atoms with Crippen LogP contribution in [0.4, 0.5) is 6.01 Å². The minimum atomic E-state index is -3.58. The molecule has 0 unspecified atom stereocenters. The third-order valence-electron chi connectivity index (χ3n) is 4.67. The highest BCUT2D eigenvalue weighted by molar-refractivity contribution is 7.91. The van der Waals surface area contributed by atoms with Gasteiger partial charge in [-0.2, -0.15) is 0 Å². The van der Waals surface area contributed by atoms with Gasteiger partial charge in [0.25, 0.3) is 5.89 Å². The third kappa shape index (κ3) is 4.65. The maximum atomic E-state index is 12.4. The number of para-hydroxylation sites is 1. The SMILES string of the molecule is CCOc1cccc2cc(-c3nnc(NC(=O)CCS(=O)(=O)c4ccc(C)cc4)o3)oc12. The fourth-order valence-corrected chi connectivity index (χ4v) is 4.30. The number of ether oxygens (including phenoxy) is 1. The van der Waals surface area contributed by atoms with Gasteiger partial charge in [-0.25, -0.2) is 8.42 Å². The Labute approximate surface area is 184 Å². The van der Waals surface area contributed by atoms with Crippen LogP contribution in [-0.4, -0.2) is 36.9 Å². The molecule has 0 bridgehead atoms. The van der Waals surface area contributed by atoms with Crippen molar-refractivity contribution in [1.29, 1.82) is 0 Å². The molecule has 0 fully saturated rings. The minimum Gasteiger partial charge on any atom is -0.490 e. The van der Waals surface area contributed by atoms with Crippen molar-refractivity contribution in [3.63, 3.8) is 0 Å². The van der Waals surface area contributed by atoms with E-state index >= 15 is 0 Å². The Bertz CT molecular complexity index is 1360. The van der Waals surface area contributed by atoms with E-state index in [9.17, 15) is 13.2 Å². The molecule has 0 atom stereocenters. The van der Waals surface area contributed by atoms with Crippen LogP contribution in [0.1, 0.15) is 18.9 Å². The number of amides is 1. The average molecular weight is 455 g/mol. The first kappa shape index (κ1) is 21.6. The molecule has 2 aromatic heterocycles. The number of hydrogen-bond acceptors (Lipinski definition) is 8. The molecule has 166 valence electrons. The third-order valence-corrected chi connectivity index (χ3v) is 6.40. The maximum Gasteiger partial charge on any atom is 0.322 e. The van der Waals surface area contributed by atoms with Crippen LogP contribution in [0.5, 0.6) is 5.75 Å². The van der Waals surface area contributed by atoms with Crippen molar-refractivity contribution in [3.05, 3.63) is 54.1 Å². The average Bonchev–Trinajstić information content (AvgIpc) is 3.40. The number of aryl methyl sites for hydroxylation is 1. The first-order valence-electron chi connectivity index (χ1n) is 9.94. The molecule has 0 radical (unpaired) electrons. The Hall–Kier alpha value is -3.66. The summed E-state index contributed by atoms with van der Waals surface area (Å²) in [5.74, 6) is 0.0960. The summed E-state index contributed by atoms with van der Waals surface area (Å²) in [5.41, 5.74) is 1.50. The van der Waals surface area contributed by atoms with Crippen LogP contribution in [0.25, 0.3) is 22.6 Å². The smallest absolute Gasteiger partial charge is 0.322 e. The van der Waals surface area contributed by atoms with Crippen molar-refractivity contribution in [2.45, 2.75) is 25.2 Å². The van der Waals surface area contributed by atoms with Gasteiger partial charge in [-0.15, -0.1) is 5.10 Å². The van der Waals surface area contributed by atoms with Crippen molar-refractivity contribution in [2.75, 3.05) is 17.7 Å². The van der Waals surface area contributed by atoms with E-state index in [2.05, 4.69) is 15.5 Å². The van der Waals surface area contributed by atoms with Gasteiger partial charge in [0.15, 0.2) is 26.9 Å². The number of aromatic nitrogens is 2. The molecule has 4 aromatic rings. The number of sulfone groups is 1. The Kier molecular flexibility index (Phi) is 5.95. The number of rotatable bonds is 8. The highest BCUT2D eigenvalue weighted by atomic mass is 32.2. The predicted octanol–water partition coefficient (Wildman–Crippen LogP) is 3.99. The number of nitrogens with one attached hydrogen (secondary N) is 1. The van der Waals surface area contributed by atoms with Crippen molar-refractivity contribution in [3.8, 4) is 17.4 Å². The molecule has 0 aliphatic heterocycles. The molecular weight excluding hydrogens is 434 g/mol. The molecule has 0 spiro atoms. The van der Waals surface area contributed by atoms with Crippen molar-refractivity contribution in [1.82, 2.24) is 10.2 Å². The van der Waals surface area contributed by atoms with Gasteiger partial charge >= 0.3 is 6.01 Å². The fourth-order valence-electron chi connectivity index (χ4n) is 3.06. The summed E-state index contributed by atoms with van der Waals surface area (Å²) in [6.07, 6.45) is -0.254. The summed E-state index contributed by atoms with van der Waals surface area (Å²) in [4.78, 5) is 12.4. The Morgan fingerprint density at radius 2 is 1.88 bits per heavy atom. The largest absolute Gasteiger partial charge is 0.490 e. The van der Waals surface area contributed by atoms with E-state index in [0.29, 0.717) is 23.7 Å². The fraction of sp³-hybridized carbons (Fsp3) is 0.227. The Morgan fingerprint density at radius 1 is 1.09 bits per heavy atom. The van der Waals surface area contributed by atoms with Crippen LogP contribution in [0, 0.1) is 6.92 Å². The van der Waals surface area contributed by atoms with Crippen LogP contribution >= 0.6 is 0 Å². The van der Waals surface area contributed by atoms with Gasteiger partial charge in [-0.05, 0) is 38.1 Å². The van der Waals surface area contributed by atoms with Gasteiger partial charge in [0.2, 0.25) is 5.91 Å². The molecule has 1 N–H and O–H groups in total. The Morgan fingerprint density at radius 3 is 2.62 bits per heavy atom. The van der Waals surface area contributed by atoms with Crippen LogP contribution in [-0.2, 0) is 14.6 Å². The summed E-state index contributed by atoms with van der Waals surface area (Å²) in [7, 11) is -3.58. The van der Waals surface area contributed by atoms with E-state index in [1.807, 2.05) is 26.0 Å². The molecule has 1 amide bonds. The standard InChI is InChI=1S/C22H21N3O6S/c1-3-29-17-6-4-5-15-13-18(30-20(15)17)21-24-25-22(31-21)23-19(26)11-12-32(27,28)16-9-7-14(2)8-10-16/h4-10,13H,3,11-12H2,1-2H3,(H,23,25,26). The number of hydrogen-bond donors (Lipinski definition) is 1. The van der Waals surface area contributed by atoms with Crippen molar-refractivity contribution in [2.24, 2.45) is 0 Å². The molecule has 2 aromatic carbocycles. The van der Waals surface area contributed by atoms with Crippen LogP contribution in [0.15, 0.2) is 62.3 Å². The summed E-state index contributed by atoms with van der Waals surface area (Å²) in [6, 6.07) is 13.5. The number of furan rings is 1. The molecule has 0 aliphatic carbocycles. The lowest BCUT2D eigenvalue weighted by Gasteiger charge is -2.04. The number of carbonyl (C=O) groups excluding carboxylic acids is 1. The van der Waals surface area contributed by atoms with Crippen molar-refractivity contribution >= 4 is 32.7 Å². The number of carbonyl (C=O) groups is 1. The van der Waals surface area contributed by atoms with Gasteiger partial charge in [-0.1, -0.05) is 34.9 Å². The molecule has 0 aliphatic rings. The van der Waals surface area contributed by atoms with E-state index < -0.39 is 15.7 Å². The normalized spacial score (nSPS) is 11.6. The van der Waals surface area contributed by atoms with Crippen LogP contribution in [0.3, 0.4) is 0 Å². The number of fused-ring (bicyclic) bond motifs is 1. The van der Waals surface area contributed by atoms with Crippen molar-refractivity contribution < 1.29 is 26.8 Å². The zero-order chi connectivity index (χ0) is 22.7. The summed E-state index contributed by atoms with van der Waals surface area (Å²) >= 11 is 0. The molecule has 10 heteroatoms. The summed E-state index contributed by atoms with van der Waals surface area (Å²) < 4.78 is 41.6. The van der Waals surface area contributed by atoms with E-state index in [1.54, 1.807) is 24.3 Å². The predicted molar refractivity (Wildman–Crippen MR) is 117 cm³/mol. The molecule has 2 heterocycles. The Balaban J connectivity index is 1.42. The lowest BCUT2D eigenvalue weighted by atomic mass is 10.2. The molecule has 4 rings (SSSR count). The lowest BCUT2D eigenvalue weighted by Crippen LogP contribution is -2.17. The second kappa shape index (κ2) is 8.83. The summed E-state index contributed by atoms with van der Waals surface area (Å²) in [5, 5.41) is 10.9. The topological polar surface area (TPSA) is 125 Å². The monoisotopic (exact) mass is 455 g/mol. The van der Waals surface area contributed by atoms with Gasteiger partial charge in [0.05, 0.1) is 17.3 Å². The second-order valence-electron chi connectivity index (χ2n) is 7.06. The van der Waals surface area contributed by atoms with E-state index in [0.717, 1.165) is 10.9 Å². The van der Waals surface area contributed by atoms with E-state index in [4.69, 9.17) is 13.6 Å². The quantitative estimate of drug-likeness (QED) is 0.423. The highest BCUT2D eigenvalue weighted by Gasteiger charge is 2.19. The van der Waals surface area contributed by atoms with Gasteiger partial charge < -0.3 is 13.6 Å². The first-order valence-corrected chi connectivity index (χ1v) is 11.6. The zero-order valence-corrected chi connectivity index (χ0v) is 18.3. The number of nitrogens with zero attached hydrogens (tertiary/aromatic N) is 2. The maximum absolute atomic E-state index is 12.4. The molecule has 32 heavy (non-hydrogen) atoms. The highest BCUT2D eigenvalue weighted by Crippen LogP contribution is 2.33. The molecule has 0 saturated carbocycles. The van der Waals surface area contributed by atoms with Gasteiger partial charge in [-0.3, -0.25) is 10.1 Å². The molecular formula is C22H21N3O6S. The van der Waals surface area contributed by atoms with E-state index in [1.165, 1.54) is 12.1 Å². The van der Waals surface area contributed by atoms with Crippen LogP contribution in [0.2, 0.25) is 0 Å². The van der Waals surface area contributed by atoms with Gasteiger partial charge in [0, 0.05) is 11.8 Å². The number of anilines is 1. The lowest BCUT2D eigenvalue weighted by molar-refractivity contribution is -0.115. The molecule has 9 nitrogen and oxygen atoms in total. The van der Waals surface area contributed by atoms with Crippen LogP contribution < -0.4 is 10.1 Å². The first-order chi connectivity index (χ1) is 15.4. The zero-order valence-electron chi connectivity index (χ0n) is 17.5. The van der Waals surface area contributed by atoms with Gasteiger partial charge in [0.1, 0.15) is 0 Å². The van der Waals surface area contributed by atoms with E-state index in [-0.39, 0.29) is 29.0 Å². The number of benzene rings is 2. The summed E-state index contributed by atoms with van der Waals surface area (Å²) in [6.45, 7) is 4.24. The molecule has 0 saturated heterocycles. The minimum absolute atomic E-state index is 0.0752. The second-order valence-corrected chi connectivity index (χ2v) is 9.17.